The van der Waals surface area contributed by atoms with Crippen LogP contribution in [0.3, 0.4) is 0 Å². The predicted molar refractivity (Wildman–Crippen MR) is 100 cm³/mol. The number of benzene rings is 2. The van der Waals surface area contributed by atoms with Crippen LogP contribution < -0.4 is 10.9 Å². The minimum absolute atomic E-state index is 0.130. The van der Waals surface area contributed by atoms with Gasteiger partial charge >= 0.3 is 0 Å². The fourth-order valence-electron chi connectivity index (χ4n) is 2.71. The molecule has 0 radical (unpaired) electrons. The number of anilines is 1. The van der Waals surface area contributed by atoms with Crippen molar-refractivity contribution in [1.29, 1.82) is 0 Å². The van der Waals surface area contributed by atoms with Gasteiger partial charge in [-0.15, -0.1) is 0 Å². The Balaban J connectivity index is 1.84. The summed E-state index contributed by atoms with van der Waals surface area (Å²) in [6.45, 7) is 2.48. The lowest BCUT2D eigenvalue weighted by Crippen LogP contribution is -2.22. The van der Waals surface area contributed by atoms with Gasteiger partial charge in [-0.1, -0.05) is 55.5 Å². The average Bonchev–Trinajstić information content (AvgIpc) is 2.65. The van der Waals surface area contributed by atoms with Crippen LogP contribution in [-0.2, 0) is 13.0 Å². The molecule has 0 fully saturated rings. The Morgan fingerprint density at radius 2 is 1.68 bits per heavy atom. The summed E-state index contributed by atoms with van der Waals surface area (Å²) in [4.78, 5) is 24.7. The van der Waals surface area contributed by atoms with Gasteiger partial charge in [-0.3, -0.25) is 9.59 Å². The van der Waals surface area contributed by atoms with E-state index < -0.39 is 0 Å². The lowest BCUT2D eigenvalue weighted by atomic mass is 10.1. The van der Waals surface area contributed by atoms with E-state index in [1.165, 1.54) is 6.07 Å². The summed E-state index contributed by atoms with van der Waals surface area (Å²) in [5, 5.41) is 2.93. The fraction of sp³-hybridized carbons (Fsp3) is 0.143. The van der Waals surface area contributed by atoms with Gasteiger partial charge in [0.1, 0.15) is 0 Å². The molecule has 1 N–H and O–H groups in total. The number of pyridine rings is 1. The molecule has 0 unspecified atom stereocenters. The molecule has 1 heterocycles. The van der Waals surface area contributed by atoms with E-state index >= 15 is 0 Å². The van der Waals surface area contributed by atoms with Gasteiger partial charge in [0.25, 0.3) is 11.5 Å². The van der Waals surface area contributed by atoms with Crippen LogP contribution in [0.2, 0.25) is 0 Å². The molecular formula is C21H20N2O2. The molecule has 3 aromatic rings. The molecule has 0 aliphatic heterocycles. The molecule has 0 saturated carbocycles. The van der Waals surface area contributed by atoms with E-state index in [1.807, 2.05) is 61.5 Å². The Kier molecular flexibility index (Phi) is 5.09. The molecule has 0 saturated heterocycles. The van der Waals surface area contributed by atoms with Gasteiger partial charge in [-0.25, -0.2) is 0 Å². The van der Waals surface area contributed by atoms with Gasteiger partial charge in [-0.2, -0.15) is 0 Å². The summed E-state index contributed by atoms with van der Waals surface area (Å²) in [5.74, 6) is -0.220. The lowest BCUT2D eigenvalue weighted by molar-refractivity contribution is 0.102. The predicted octanol–water partition coefficient (Wildman–Crippen LogP) is 3.71. The largest absolute Gasteiger partial charge is 0.322 e. The number of amides is 1. The monoisotopic (exact) mass is 332 g/mol. The zero-order valence-electron chi connectivity index (χ0n) is 14.1. The minimum Gasteiger partial charge on any atom is -0.322 e. The van der Waals surface area contributed by atoms with Crippen LogP contribution in [0.15, 0.2) is 77.7 Å². The van der Waals surface area contributed by atoms with Crippen molar-refractivity contribution in [2.75, 3.05) is 5.32 Å². The summed E-state index contributed by atoms with van der Waals surface area (Å²) >= 11 is 0. The summed E-state index contributed by atoms with van der Waals surface area (Å²) < 4.78 is 1.55. The summed E-state index contributed by atoms with van der Waals surface area (Å²) in [6, 6.07) is 20.4. The standard InChI is InChI=1S/C21H20N2O2/c1-2-17-10-6-7-11-19(17)22-21(25)18-12-13-20(24)23(15-18)14-16-8-4-3-5-9-16/h3-13,15H,2,14H2,1H3,(H,22,25). The number of nitrogens with one attached hydrogen (secondary N) is 1. The van der Waals surface area contributed by atoms with Crippen LogP contribution in [-0.4, -0.2) is 10.5 Å². The maximum atomic E-state index is 12.6. The molecule has 25 heavy (non-hydrogen) atoms. The van der Waals surface area contributed by atoms with Crippen molar-refractivity contribution in [2.24, 2.45) is 0 Å². The van der Waals surface area contributed by atoms with Crippen LogP contribution in [0.4, 0.5) is 5.69 Å². The van der Waals surface area contributed by atoms with E-state index in [0.29, 0.717) is 12.1 Å². The van der Waals surface area contributed by atoms with Crippen molar-refractivity contribution in [3.05, 3.63) is 100.0 Å². The second-order valence-corrected chi connectivity index (χ2v) is 5.83. The molecule has 0 atom stereocenters. The topological polar surface area (TPSA) is 51.1 Å². The number of aromatic nitrogens is 1. The van der Waals surface area contributed by atoms with Crippen molar-refractivity contribution in [2.45, 2.75) is 19.9 Å². The number of rotatable bonds is 5. The van der Waals surface area contributed by atoms with Crippen molar-refractivity contribution < 1.29 is 4.79 Å². The first-order valence-electron chi connectivity index (χ1n) is 8.31. The van der Waals surface area contributed by atoms with Crippen LogP contribution in [0, 0.1) is 0 Å². The number of hydrogen-bond donors (Lipinski definition) is 1. The van der Waals surface area contributed by atoms with Crippen LogP contribution >= 0.6 is 0 Å². The van der Waals surface area contributed by atoms with E-state index in [4.69, 9.17) is 0 Å². The molecule has 4 nitrogen and oxygen atoms in total. The lowest BCUT2D eigenvalue weighted by Gasteiger charge is -2.11. The Morgan fingerprint density at radius 3 is 2.44 bits per heavy atom. The van der Waals surface area contributed by atoms with Crippen molar-refractivity contribution >= 4 is 11.6 Å². The summed E-state index contributed by atoms with van der Waals surface area (Å²) in [5.41, 5.74) is 3.22. The molecule has 3 rings (SSSR count). The third kappa shape index (κ3) is 4.04. The molecule has 0 spiro atoms. The smallest absolute Gasteiger partial charge is 0.257 e. The molecule has 0 bridgehead atoms. The molecule has 0 aliphatic carbocycles. The van der Waals surface area contributed by atoms with Gasteiger partial charge < -0.3 is 9.88 Å². The zero-order chi connectivity index (χ0) is 17.6. The first kappa shape index (κ1) is 16.7. The van der Waals surface area contributed by atoms with Crippen LogP contribution in [0.5, 0.6) is 0 Å². The normalized spacial score (nSPS) is 10.4. The van der Waals surface area contributed by atoms with E-state index in [2.05, 4.69) is 5.32 Å². The third-order valence-corrected chi connectivity index (χ3v) is 4.09. The highest BCUT2D eigenvalue weighted by Gasteiger charge is 2.10. The molecule has 0 aliphatic rings. The highest BCUT2D eigenvalue weighted by molar-refractivity contribution is 6.04. The first-order chi connectivity index (χ1) is 12.2. The molecule has 1 aromatic heterocycles. The Hall–Kier alpha value is -3.14. The van der Waals surface area contributed by atoms with Crippen LogP contribution in [0.25, 0.3) is 0 Å². The molecule has 126 valence electrons. The van der Waals surface area contributed by atoms with E-state index in [-0.39, 0.29) is 11.5 Å². The van der Waals surface area contributed by atoms with Crippen molar-refractivity contribution in [1.82, 2.24) is 4.57 Å². The van der Waals surface area contributed by atoms with Gasteiger partial charge in [-0.05, 0) is 29.7 Å². The second-order valence-electron chi connectivity index (χ2n) is 5.83. The second kappa shape index (κ2) is 7.62. The number of para-hydroxylation sites is 1. The summed E-state index contributed by atoms with van der Waals surface area (Å²) in [6.07, 6.45) is 2.45. The average molecular weight is 332 g/mol. The fourth-order valence-corrected chi connectivity index (χ4v) is 2.71. The number of hydrogen-bond acceptors (Lipinski definition) is 2. The Labute approximate surface area is 146 Å². The Morgan fingerprint density at radius 1 is 0.960 bits per heavy atom. The Bertz CT molecular complexity index is 930. The number of carbonyl (C=O) groups excluding carboxylic acids is 1. The maximum absolute atomic E-state index is 12.6. The zero-order valence-corrected chi connectivity index (χ0v) is 14.1. The van der Waals surface area contributed by atoms with Gasteiger partial charge in [0.05, 0.1) is 12.1 Å². The van der Waals surface area contributed by atoms with E-state index in [0.717, 1.165) is 23.2 Å². The molecule has 1 amide bonds. The van der Waals surface area contributed by atoms with Crippen molar-refractivity contribution in [3.63, 3.8) is 0 Å². The number of aryl methyl sites for hydroxylation is 1. The van der Waals surface area contributed by atoms with E-state index in [1.54, 1.807) is 16.8 Å². The quantitative estimate of drug-likeness (QED) is 0.774. The van der Waals surface area contributed by atoms with Gasteiger partial charge in [0.2, 0.25) is 0 Å². The third-order valence-electron chi connectivity index (χ3n) is 4.09. The minimum atomic E-state index is -0.220. The highest BCUT2D eigenvalue weighted by atomic mass is 16.2. The van der Waals surface area contributed by atoms with Gasteiger partial charge in [0.15, 0.2) is 0 Å². The first-order valence-corrected chi connectivity index (χ1v) is 8.31. The maximum Gasteiger partial charge on any atom is 0.257 e. The molecule has 2 aromatic carbocycles. The van der Waals surface area contributed by atoms with Crippen LogP contribution in [0.1, 0.15) is 28.4 Å². The molecule has 4 heteroatoms. The summed E-state index contributed by atoms with van der Waals surface area (Å²) in [7, 11) is 0. The SMILES string of the molecule is CCc1ccccc1NC(=O)c1ccc(=O)n(Cc2ccccc2)c1. The number of nitrogens with zero attached hydrogens (tertiary/aromatic N) is 1. The van der Waals surface area contributed by atoms with E-state index in [9.17, 15) is 9.59 Å². The van der Waals surface area contributed by atoms with Crippen molar-refractivity contribution in [3.8, 4) is 0 Å². The number of carbonyl (C=O) groups is 1. The van der Waals surface area contributed by atoms with Gasteiger partial charge in [0, 0.05) is 18.0 Å². The highest BCUT2D eigenvalue weighted by Crippen LogP contribution is 2.16. The molecular weight excluding hydrogens is 312 g/mol.